The van der Waals surface area contributed by atoms with Crippen molar-refractivity contribution in [3.8, 4) is 0 Å². The predicted octanol–water partition coefficient (Wildman–Crippen LogP) is 1.86. The van der Waals surface area contributed by atoms with Crippen LogP contribution >= 0.6 is 0 Å². The van der Waals surface area contributed by atoms with Crippen molar-refractivity contribution >= 4 is 11.6 Å². The Balaban J connectivity index is 1.70. The first kappa shape index (κ1) is 16.4. The van der Waals surface area contributed by atoms with Crippen LogP contribution in [0.3, 0.4) is 0 Å². The van der Waals surface area contributed by atoms with Crippen molar-refractivity contribution in [2.24, 2.45) is 0 Å². The molecule has 3 rings (SSSR count). The first-order valence-corrected chi connectivity index (χ1v) is 8.13. The van der Waals surface area contributed by atoms with Gasteiger partial charge in [0.1, 0.15) is 5.82 Å². The zero-order valence-corrected chi connectivity index (χ0v) is 14.1. The molecule has 0 aliphatic carbocycles. The van der Waals surface area contributed by atoms with E-state index in [4.69, 9.17) is 4.74 Å². The first-order valence-electron chi connectivity index (χ1n) is 8.13. The van der Waals surface area contributed by atoms with Crippen LogP contribution in [0.5, 0.6) is 0 Å². The molecule has 0 atom stereocenters. The van der Waals surface area contributed by atoms with E-state index in [1.165, 1.54) is 5.56 Å². The molecule has 0 saturated carbocycles. The van der Waals surface area contributed by atoms with Crippen LogP contribution in [-0.4, -0.2) is 42.2 Å². The smallest absolute Gasteiger partial charge is 0.251 e. The third-order valence-electron chi connectivity index (χ3n) is 4.09. The number of aryl methyl sites for hydroxylation is 2. The minimum Gasteiger partial charge on any atom is -0.378 e. The summed E-state index contributed by atoms with van der Waals surface area (Å²) in [5.41, 5.74) is 3.73. The number of rotatable bonds is 4. The van der Waals surface area contributed by atoms with Gasteiger partial charge in [-0.25, -0.2) is 9.97 Å². The van der Waals surface area contributed by atoms with Gasteiger partial charge in [0.2, 0.25) is 0 Å². The number of hydrogen-bond acceptors (Lipinski definition) is 5. The van der Waals surface area contributed by atoms with Crippen LogP contribution in [0, 0.1) is 13.8 Å². The molecule has 0 radical (unpaired) electrons. The monoisotopic (exact) mass is 326 g/mol. The Morgan fingerprint density at radius 1 is 1.25 bits per heavy atom. The van der Waals surface area contributed by atoms with Gasteiger partial charge in [-0.05, 0) is 37.6 Å². The summed E-state index contributed by atoms with van der Waals surface area (Å²) >= 11 is 0. The van der Waals surface area contributed by atoms with Crippen molar-refractivity contribution in [3.05, 3.63) is 53.1 Å². The third-order valence-corrected chi connectivity index (χ3v) is 4.09. The number of nitrogens with zero attached hydrogens (tertiary/aromatic N) is 3. The molecule has 2 aromatic rings. The van der Waals surface area contributed by atoms with E-state index in [1.54, 1.807) is 6.20 Å². The van der Waals surface area contributed by atoms with Gasteiger partial charge in [-0.15, -0.1) is 0 Å². The van der Waals surface area contributed by atoms with E-state index in [0.29, 0.717) is 17.9 Å². The number of anilines is 1. The zero-order chi connectivity index (χ0) is 16.9. The second-order valence-corrected chi connectivity index (χ2v) is 5.88. The van der Waals surface area contributed by atoms with E-state index in [1.807, 2.05) is 31.2 Å². The summed E-state index contributed by atoms with van der Waals surface area (Å²) in [6.45, 7) is 7.45. The molecule has 0 unspecified atom stereocenters. The molecule has 1 saturated heterocycles. The molecule has 0 bridgehead atoms. The summed E-state index contributed by atoms with van der Waals surface area (Å²) in [7, 11) is 0. The van der Waals surface area contributed by atoms with E-state index >= 15 is 0 Å². The van der Waals surface area contributed by atoms with Gasteiger partial charge >= 0.3 is 0 Å². The highest BCUT2D eigenvalue weighted by Gasteiger charge is 2.15. The number of nitrogens with one attached hydrogen (secondary N) is 1. The number of morpholine rings is 1. The Labute approximate surface area is 141 Å². The number of ether oxygens (including phenoxy) is 1. The lowest BCUT2D eigenvalue weighted by molar-refractivity contribution is 0.0950. The van der Waals surface area contributed by atoms with Crippen molar-refractivity contribution in [2.45, 2.75) is 20.4 Å². The molecule has 1 N–H and O–H groups in total. The molecule has 1 amide bonds. The summed E-state index contributed by atoms with van der Waals surface area (Å²) in [4.78, 5) is 23.1. The van der Waals surface area contributed by atoms with Crippen LogP contribution in [0.4, 0.5) is 5.69 Å². The van der Waals surface area contributed by atoms with E-state index in [2.05, 4.69) is 27.1 Å². The Bertz CT molecular complexity index is 727. The standard InChI is InChI=1S/C18H22N4O2/c1-13-3-4-15(11-17(13)22-7-9-24-10-8-22)18(23)20-12-16-5-6-19-14(2)21-16/h3-6,11H,7-10,12H2,1-2H3,(H,20,23). The molecule has 0 spiro atoms. The summed E-state index contributed by atoms with van der Waals surface area (Å²) in [5, 5.41) is 2.92. The van der Waals surface area contributed by atoms with Crippen LogP contribution in [0.25, 0.3) is 0 Å². The van der Waals surface area contributed by atoms with Gasteiger partial charge in [-0.1, -0.05) is 6.07 Å². The second kappa shape index (κ2) is 7.40. The summed E-state index contributed by atoms with van der Waals surface area (Å²) in [6, 6.07) is 7.62. The van der Waals surface area contributed by atoms with Crippen LogP contribution in [0.2, 0.25) is 0 Å². The first-order chi connectivity index (χ1) is 11.6. The van der Waals surface area contributed by atoms with Crippen LogP contribution in [-0.2, 0) is 11.3 Å². The van der Waals surface area contributed by atoms with E-state index in [0.717, 1.165) is 37.7 Å². The van der Waals surface area contributed by atoms with Crippen molar-refractivity contribution in [2.75, 3.05) is 31.2 Å². The lowest BCUT2D eigenvalue weighted by atomic mass is 10.1. The minimum absolute atomic E-state index is 0.0965. The lowest BCUT2D eigenvalue weighted by Gasteiger charge is -2.30. The van der Waals surface area contributed by atoms with Gasteiger partial charge in [0, 0.05) is 30.5 Å². The maximum atomic E-state index is 12.5. The molecular formula is C18H22N4O2. The quantitative estimate of drug-likeness (QED) is 0.929. The topological polar surface area (TPSA) is 67.4 Å². The summed E-state index contributed by atoms with van der Waals surface area (Å²) in [6.07, 6.45) is 1.70. The molecule has 2 heterocycles. The molecule has 1 aromatic carbocycles. The predicted molar refractivity (Wildman–Crippen MR) is 92.2 cm³/mol. The molecule has 1 aliphatic rings. The zero-order valence-electron chi connectivity index (χ0n) is 14.1. The molecule has 1 aliphatic heterocycles. The average molecular weight is 326 g/mol. The number of hydrogen-bond donors (Lipinski definition) is 1. The number of amides is 1. The number of benzene rings is 1. The highest BCUT2D eigenvalue weighted by atomic mass is 16.5. The van der Waals surface area contributed by atoms with Crippen LogP contribution in [0.15, 0.2) is 30.5 Å². The molecule has 6 nitrogen and oxygen atoms in total. The Hall–Kier alpha value is -2.47. The number of carbonyl (C=O) groups excluding carboxylic acids is 1. The largest absolute Gasteiger partial charge is 0.378 e. The van der Waals surface area contributed by atoms with Crippen molar-refractivity contribution in [1.29, 1.82) is 0 Å². The van der Waals surface area contributed by atoms with Crippen molar-refractivity contribution in [3.63, 3.8) is 0 Å². The minimum atomic E-state index is -0.0965. The molecule has 6 heteroatoms. The van der Waals surface area contributed by atoms with Gasteiger partial charge in [-0.2, -0.15) is 0 Å². The Kier molecular flexibility index (Phi) is 5.05. The summed E-state index contributed by atoms with van der Waals surface area (Å²) < 4.78 is 5.40. The highest BCUT2D eigenvalue weighted by Crippen LogP contribution is 2.22. The normalized spacial score (nSPS) is 14.5. The molecule has 24 heavy (non-hydrogen) atoms. The SMILES string of the molecule is Cc1nccc(CNC(=O)c2ccc(C)c(N3CCOCC3)c2)n1. The second-order valence-electron chi connectivity index (χ2n) is 5.88. The van der Waals surface area contributed by atoms with Crippen molar-refractivity contribution in [1.82, 2.24) is 15.3 Å². The number of aromatic nitrogens is 2. The molecule has 1 fully saturated rings. The van der Waals surface area contributed by atoms with Gasteiger partial charge < -0.3 is 15.0 Å². The van der Waals surface area contributed by atoms with Crippen molar-refractivity contribution < 1.29 is 9.53 Å². The Morgan fingerprint density at radius 3 is 2.79 bits per heavy atom. The fourth-order valence-electron chi connectivity index (χ4n) is 2.77. The third kappa shape index (κ3) is 3.89. The van der Waals surface area contributed by atoms with Gasteiger partial charge in [-0.3, -0.25) is 4.79 Å². The summed E-state index contributed by atoms with van der Waals surface area (Å²) in [5.74, 6) is 0.604. The van der Waals surface area contributed by atoms with Crippen LogP contribution in [0.1, 0.15) is 27.4 Å². The Morgan fingerprint density at radius 2 is 2.04 bits per heavy atom. The fraction of sp³-hybridized carbons (Fsp3) is 0.389. The number of carbonyl (C=O) groups is 1. The fourth-order valence-corrected chi connectivity index (χ4v) is 2.77. The van der Waals surface area contributed by atoms with E-state index in [-0.39, 0.29) is 5.91 Å². The maximum absolute atomic E-state index is 12.5. The molecular weight excluding hydrogens is 304 g/mol. The molecule has 1 aromatic heterocycles. The maximum Gasteiger partial charge on any atom is 0.251 e. The van der Waals surface area contributed by atoms with Gasteiger partial charge in [0.15, 0.2) is 0 Å². The van der Waals surface area contributed by atoms with Crippen LogP contribution < -0.4 is 10.2 Å². The molecule has 126 valence electrons. The van der Waals surface area contributed by atoms with E-state index in [9.17, 15) is 4.79 Å². The van der Waals surface area contributed by atoms with Gasteiger partial charge in [0.05, 0.1) is 25.5 Å². The average Bonchev–Trinajstić information content (AvgIpc) is 2.61. The van der Waals surface area contributed by atoms with Gasteiger partial charge in [0.25, 0.3) is 5.91 Å². The van der Waals surface area contributed by atoms with E-state index < -0.39 is 0 Å². The lowest BCUT2D eigenvalue weighted by Crippen LogP contribution is -2.36. The highest BCUT2D eigenvalue weighted by molar-refractivity contribution is 5.95.